The summed E-state index contributed by atoms with van der Waals surface area (Å²) in [5.41, 5.74) is 0. The Morgan fingerprint density at radius 3 is 1.79 bits per heavy atom. The fourth-order valence-corrected chi connectivity index (χ4v) is 2.80. The van der Waals surface area contributed by atoms with E-state index in [1.165, 1.54) is 0 Å². The first-order valence-electron chi connectivity index (χ1n) is 6.98. The van der Waals surface area contributed by atoms with Gasteiger partial charge in [0.15, 0.2) is 0 Å². The molecule has 2 saturated heterocycles. The summed E-state index contributed by atoms with van der Waals surface area (Å²) in [7, 11) is 0. The van der Waals surface area contributed by atoms with Gasteiger partial charge in [-0.15, -0.1) is 0 Å². The number of likely N-dealkylation sites (tertiary alicyclic amines) is 2. The Bertz CT molecular complexity index is 316. The second-order valence-electron chi connectivity index (χ2n) is 5.76. The van der Waals surface area contributed by atoms with E-state index in [9.17, 15) is 18.0 Å². The van der Waals surface area contributed by atoms with E-state index in [2.05, 4.69) is 6.92 Å². The summed E-state index contributed by atoms with van der Waals surface area (Å²) >= 11 is 0. The minimum Gasteiger partial charge on any atom is -0.325 e. The quantitative estimate of drug-likeness (QED) is 0.668. The molecule has 3 nitrogen and oxygen atoms in total. The van der Waals surface area contributed by atoms with E-state index in [-0.39, 0.29) is 32.0 Å². The van der Waals surface area contributed by atoms with Crippen molar-refractivity contribution >= 4 is 6.03 Å². The van der Waals surface area contributed by atoms with E-state index >= 15 is 0 Å². The Hall–Kier alpha value is -0.940. The number of hydrogen-bond acceptors (Lipinski definition) is 1. The molecule has 0 radical (unpaired) electrons. The number of rotatable bonds is 0. The number of alkyl halides is 3. The van der Waals surface area contributed by atoms with E-state index in [1.54, 1.807) is 9.80 Å². The first-order chi connectivity index (χ1) is 8.88. The molecular weight excluding hydrogens is 257 g/mol. The van der Waals surface area contributed by atoms with E-state index in [0.29, 0.717) is 5.92 Å². The van der Waals surface area contributed by atoms with Crippen LogP contribution in [-0.2, 0) is 0 Å². The number of amides is 2. The molecule has 0 atom stereocenters. The zero-order valence-corrected chi connectivity index (χ0v) is 11.2. The van der Waals surface area contributed by atoms with Gasteiger partial charge in [0, 0.05) is 26.2 Å². The van der Waals surface area contributed by atoms with Crippen LogP contribution in [0, 0.1) is 11.8 Å². The van der Waals surface area contributed by atoms with Crippen molar-refractivity contribution in [3.63, 3.8) is 0 Å². The zero-order valence-electron chi connectivity index (χ0n) is 11.2. The summed E-state index contributed by atoms with van der Waals surface area (Å²) in [6.45, 7) is 4.10. The third kappa shape index (κ3) is 3.54. The largest absolute Gasteiger partial charge is 0.391 e. The molecule has 0 unspecified atom stereocenters. The molecule has 2 heterocycles. The van der Waals surface area contributed by atoms with Gasteiger partial charge in [-0.2, -0.15) is 13.2 Å². The van der Waals surface area contributed by atoms with Crippen molar-refractivity contribution in [3.05, 3.63) is 0 Å². The average Bonchev–Trinajstić information content (AvgIpc) is 2.38. The molecule has 0 spiro atoms. The molecule has 2 aliphatic rings. The summed E-state index contributed by atoms with van der Waals surface area (Å²) in [6.07, 6.45) is -2.05. The van der Waals surface area contributed by atoms with Crippen LogP contribution in [0.15, 0.2) is 0 Å². The van der Waals surface area contributed by atoms with Gasteiger partial charge in [0.25, 0.3) is 0 Å². The maximum atomic E-state index is 12.6. The van der Waals surface area contributed by atoms with Gasteiger partial charge in [0.05, 0.1) is 5.92 Å². The lowest BCUT2D eigenvalue weighted by Crippen LogP contribution is -2.50. The van der Waals surface area contributed by atoms with Crippen molar-refractivity contribution in [1.29, 1.82) is 0 Å². The monoisotopic (exact) mass is 278 g/mol. The molecular formula is C13H21F3N2O. The molecule has 0 bridgehead atoms. The summed E-state index contributed by atoms with van der Waals surface area (Å²) in [6, 6.07) is -0.0764. The van der Waals surface area contributed by atoms with Crippen molar-refractivity contribution in [2.75, 3.05) is 26.2 Å². The first-order valence-corrected chi connectivity index (χ1v) is 6.98. The highest BCUT2D eigenvalue weighted by molar-refractivity contribution is 5.74. The number of hydrogen-bond donors (Lipinski definition) is 0. The van der Waals surface area contributed by atoms with Crippen molar-refractivity contribution in [2.24, 2.45) is 11.8 Å². The lowest BCUT2D eigenvalue weighted by Gasteiger charge is -2.38. The summed E-state index contributed by atoms with van der Waals surface area (Å²) < 4.78 is 37.7. The molecule has 0 saturated carbocycles. The number of halogens is 3. The van der Waals surface area contributed by atoms with Crippen LogP contribution in [0.1, 0.15) is 32.6 Å². The third-order valence-corrected chi connectivity index (χ3v) is 4.28. The SMILES string of the molecule is CC1CCN(C(=O)N2CCC(C(F)(F)F)CC2)CC1. The molecule has 2 rings (SSSR count). The highest BCUT2D eigenvalue weighted by atomic mass is 19.4. The Balaban J connectivity index is 1.82. The van der Waals surface area contributed by atoms with Gasteiger partial charge >= 0.3 is 12.2 Å². The van der Waals surface area contributed by atoms with Crippen LogP contribution in [-0.4, -0.2) is 48.2 Å². The van der Waals surface area contributed by atoms with Crippen LogP contribution >= 0.6 is 0 Å². The molecule has 2 amide bonds. The van der Waals surface area contributed by atoms with Crippen molar-refractivity contribution < 1.29 is 18.0 Å². The number of piperidine rings is 2. The second kappa shape index (κ2) is 5.59. The molecule has 0 aromatic heterocycles. The number of urea groups is 1. The Kier molecular flexibility index (Phi) is 4.26. The van der Waals surface area contributed by atoms with Crippen molar-refractivity contribution in [1.82, 2.24) is 9.80 Å². The molecule has 6 heteroatoms. The maximum Gasteiger partial charge on any atom is 0.391 e. The Morgan fingerprint density at radius 1 is 0.947 bits per heavy atom. The molecule has 0 aliphatic carbocycles. The average molecular weight is 278 g/mol. The normalized spacial score (nSPS) is 23.8. The summed E-state index contributed by atoms with van der Waals surface area (Å²) in [5.74, 6) is -0.599. The predicted octanol–water partition coefficient (Wildman–Crippen LogP) is 3.11. The molecule has 110 valence electrons. The fraction of sp³-hybridized carbons (Fsp3) is 0.923. The lowest BCUT2D eigenvalue weighted by molar-refractivity contribution is -0.183. The lowest BCUT2D eigenvalue weighted by atomic mass is 9.96. The maximum absolute atomic E-state index is 12.6. The van der Waals surface area contributed by atoms with Crippen LogP contribution in [0.3, 0.4) is 0 Å². The van der Waals surface area contributed by atoms with Gasteiger partial charge in [0.2, 0.25) is 0 Å². The van der Waals surface area contributed by atoms with Gasteiger partial charge in [-0.1, -0.05) is 6.92 Å². The van der Waals surface area contributed by atoms with Gasteiger partial charge < -0.3 is 9.80 Å². The molecule has 19 heavy (non-hydrogen) atoms. The van der Waals surface area contributed by atoms with E-state index in [0.717, 1.165) is 25.9 Å². The van der Waals surface area contributed by atoms with E-state index in [4.69, 9.17) is 0 Å². The van der Waals surface area contributed by atoms with E-state index < -0.39 is 12.1 Å². The predicted molar refractivity (Wildman–Crippen MR) is 65.7 cm³/mol. The zero-order chi connectivity index (χ0) is 14.0. The Morgan fingerprint density at radius 2 is 1.37 bits per heavy atom. The highest BCUT2D eigenvalue weighted by Gasteiger charge is 2.42. The molecule has 0 N–H and O–H groups in total. The highest BCUT2D eigenvalue weighted by Crippen LogP contribution is 2.34. The smallest absolute Gasteiger partial charge is 0.325 e. The van der Waals surface area contributed by atoms with E-state index in [1.807, 2.05) is 0 Å². The standard InChI is InChI=1S/C13H21F3N2O/c1-10-2-6-17(7-3-10)12(19)18-8-4-11(5-9-18)13(14,15)16/h10-11H,2-9H2,1H3. The molecule has 0 aromatic carbocycles. The van der Waals surface area contributed by atoms with Crippen LogP contribution in [0.25, 0.3) is 0 Å². The number of carbonyl (C=O) groups excluding carboxylic acids is 1. The third-order valence-electron chi connectivity index (χ3n) is 4.28. The van der Waals surface area contributed by atoms with Crippen LogP contribution < -0.4 is 0 Å². The summed E-state index contributed by atoms with van der Waals surface area (Å²) in [4.78, 5) is 15.6. The summed E-state index contributed by atoms with van der Waals surface area (Å²) in [5, 5.41) is 0. The first kappa shape index (κ1) is 14.5. The Labute approximate surface area is 111 Å². The van der Waals surface area contributed by atoms with Crippen molar-refractivity contribution in [2.45, 2.75) is 38.8 Å². The van der Waals surface area contributed by atoms with Gasteiger partial charge in [-0.3, -0.25) is 0 Å². The van der Waals surface area contributed by atoms with Gasteiger partial charge in [0.1, 0.15) is 0 Å². The molecule has 2 aliphatic heterocycles. The fourth-order valence-electron chi connectivity index (χ4n) is 2.80. The molecule has 2 fully saturated rings. The second-order valence-corrected chi connectivity index (χ2v) is 5.76. The minimum absolute atomic E-state index is 0.0412. The number of carbonyl (C=O) groups is 1. The van der Waals surface area contributed by atoms with Crippen LogP contribution in [0.2, 0.25) is 0 Å². The van der Waals surface area contributed by atoms with Crippen molar-refractivity contribution in [3.8, 4) is 0 Å². The minimum atomic E-state index is -4.12. The van der Waals surface area contributed by atoms with Crippen LogP contribution in [0.4, 0.5) is 18.0 Å². The van der Waals surface area contributed by atoms with Gasteiger partial charge in [-0.25, -0.2) is 4.79 Å². The molecule has 0 aromatic rings. The number of nitrogens with zero attached hydrogens (tertiary/aromatic N) is 2. The van der Waals surface area contributed by atoms with Crippen LogP contribution in [0.5, 0.6) is 0 Å². The topological polar surface area (TPSA) is 23.6 Å². The van der Waals surface area contributed by atoms with Gasteiger partial charge in [-0.05, 0) is 31.6 Å².